The fourth-order valence-electron chi connectivity index (χ4n) is 1.09. The van der Waals surface area contributed by atoms with Crippen molar-refractivity contribution in [1.29, 1.82) is 0 Å². The molecule has 1 rings (SSSR count). The maximum absolute atomic E-state index is 12.7. The van der Waals surface area contributed by atoms with E-state index in [0.717, 1.165) is 18.2 Å². The molecule has 0 aliphatic carbocycles. The molecule has 1 atom stereocenters. The van der Waals surface area contributed by atoms with E-state index < -0.39 is 16.8 Å². The predicted octanol–water partition coefficient (Wildman–Crippen LogP) is 0.726. The van der Waals surface area contributed by atoms with Gasteiger partial charge in [0.05, 0.1) is 16.6 Å². The number of aliphatic hydroxyl groups is 1. The number of nitrogens with two attached hydrogens (primary N) is 1. The molecular weight excluding hydrogens is 191 g/mol. The van der Waals surface area contributed by atoms with Gasteiger partial charge in [0, 0.05) is 12.6 Å². The van der Waals surface area contributed by atoms with E-state index in [2.05, 4.69) is 0 Å². The monoisotopic (exact) mass is 200 g/mol. The molecule has 0 saturated heterocycles. The summed E-state index contributed by atoms with van der Waals surface area (Å²) in [5.74, 6) is -0.641. The smallest absolute Gasteiger partial charge is 0.275 e. The van der Waals surface area contributed by atoms with Crippen LogP contribution in [0.15, 0.2) is 18.2 Å². The van der Waals surface area contributed by atoms with E-state index in [-0.39, 0.29) is 17.8 Å². The summed E-state index contributed by atoms with van der Waals surface area (Å²) in [7, 11) is 0. The van der Waals surface area contributed by atoms with Crippen LogP contribution in [0.4, 0.5) is 10.1 Å². The average Bonchev–Trinajstić information content (AvgIpc) is 2.16. The van der Waals surface area contributed by atoms with Crippen molar-refractivity contribution in [3.63, 3.8) is 0 Å². The SMILES string of the molecule is NC[C@H](O)c1cc(F)ccc1[N+](=O)[O-]. The van der Waals surface area contributed by atoms with Gasteiger partial charge >= 0.3 is 0 Å². The third-order valence-electron chi connectivity index (χ3n) is 1.77. The van der Waals surface area contributed by atoms with Crippen LogP contribution < -0.4 is 5.73 Å². The number of hydrogen-bond donors (Lipinski definition) is 2. The number of nitrogens with zero attached hydrogens (tertiary/aromatic N) is 1. The summed E-state index contributed by atoms with van der Waals surface area (Å²) in [6.45, 7) is -0.190. The van der Waals surface area contributed by atoms with Gasteiger partial charge in [-0.15, -0.1) is 0 Å². The van der Waals surface area contributed by atoms with Crippen LogP contribution in [-0.2, 0) is 0 Å². The Kier molecular flexibility index (Phi) is 3.10. The number of halogens is 1. The van der Waals surface area contributed by atoms with Gasteiger partial charge in [-0.05, 0) is 12.1 Å². The van der Waals surface area contributed by atoms with E-state index in [1.54, 1.807) is 0 Å². The zero-order valence-corrected chi connectivity index (χ0v) is 7.18. The number of benzene rings is 1. The summed E-state index contributed by atoms with van der Waals surface area (Å²) < 4.78 is 12.7. The van der Waals surface area contributed by atoms with Crippen molar-refractivity contribution in [3.8, 4) is 0 Å². The molecule has 0 amide bonds. The Morgan fingerprint density at radius 2 is 2.29 bits per heavy atom. The van der Waals surface area contributed by atoms with Gasteiger partial charge in [0.1, 0.15) is 5.82 Å². The molecule has 0 saturated carbocycles. The Balaban J connectivity index is 3.22. The van der Waals surface area contributed by atoms with Gasteiger partial charge in [-0.2, -0.15) is 0 Å². The number of hydrogen-bond acceptors (Lipinski definition) is 4. The van der Waals surface area contributed by atoms with E-state index in [1.165, 1.54) is 0 Å². The zero-order chi connectivity index (χ0) is 10.7. The van der Waals surface area contributed by atoms with E-state index >= 15 is 0 Å². The normalized spacial score (nSPS) is 12.5. The molecule has 1 aromatic carbocycles. The maximum Gasteiger partial charge on any atom is 0.275 e. The minimum atomic E-state index is -1.22. The topological polar surface area (TPSA) is 89.4 Å². The summed E-state index contributed by atoms with van der Waals surface area (Å²) in [5.41, 5.74) is 4.70. The van der Waals surface area contributed by atoms with Gasteiger partial charge < -0.3 is 10.8 Å². The summed E-state index contributed by atoms with van der Waals surface area (Å²) in [6.07, 6.45) is -1.22. The molecule has 0 aliphatic heterocycles. The van der Waals surface area contributed by atoms with Crippen molar-refractivity contribution in [2.75, 3.05) is 6.54 Å². The van der Waals surface area contributed by atoms with Crippen LogP contribution in [0.1, 0.15) is 11.7 Å². The summed E-state index contributed by atoms with van der Waals surface area (Å²) >= 11 is 0. The first-order valence-corrected chi connectivity index (χ1v) is 3.88. The van der Waals surface area contributed by atoms with E-state index in [4.69, 9.17) is 5.73 Å². The third kappa shape index (κ3) is 2.04. The third-order valence-corrected chi connectivity index (χ3v) is 1.77. The molecule has 0 unspecified atom stereocenters. The fourth-order valence-corrected chi connectivity index (χ4v) is 1.09. The summed E-state index contributed by atoms with van der Waals surface area (Å²) in [6, 6.07) is 2.88. The van der Waals surface area contributed by atoms with Gasteiger partial charge in [0.2, 0.25) is 0 Å². The van der Waals surface area contributed by atoms with Crippen molar-refractivity contribution in [2.24, 2.45) is 5.73 Å². The first kappa shape index (κ1) is 10.6. The number of nitro benzene ring substituents is 1. The van der Waals surface area contributed by atoms with E-state index in [0.29, 0.717) is 0 Å². The average molecular weight is 200 g/mol. The van der Waals surface area contributed by atoms with Crippen LogP contribution >= 0.6 is 0 Å². The molecule has 76 valence electrons. The van der Waals surface area contributed by atoms with Crippen molar-refractivity contribution < 1.29 is 14.4 Å². The molecule has 14 heavy (non-hydrogen) atoms. The quantitative estimate of drug-likeness (QED) is 0.555. The second-order valence-corrected chi connectivity index (χ2v) is 2.71. The highest BCUT2D eigenvalue weighted by Crippen LogP contribution is 2.25. The first-order valence-electron chi connectivity index (χ1n) is 3.88. The largest absolute Gasteiger partial charge is 0.387 e. The summed E-state index contributed by atoms with van der Waals surface area (Å²) in [5, 5.41) is 19.8. The van der Waals surface area contributed by atoms with Gasteiger partial charge in [0.15, 0.2) is 0 Å². The van der Waals surface area contributed by atoms with E-state index in [9.17, 15) is 19.6 Å². The van der Waals surface area contributed by atoms with E-state index in [1.807, 2.05) is 0 Å². The minimum absolute atomic E-state index is 0.0995. The molecule has 0 heterocycles. The van der Waals surface area contributed by atoms with Crippen LogP contribution in [0.25, 0.3) is 0 Å². The summed E-state index contributed by atoms with van der Waals surface area (Å²) in [4.78, 5) is 9.80. The lowest BCUT2D eigenvalue weighted by Crippen LogP contribution is -2.13. The van der Waals surface area contributed by atoms with Crippen LogP contribution in [-0.4, -0.2) is 16.6 Å². The Hall–Kier alpha value is -1.53. The van der Waals surface area contributed by atoms with Crippen molar-refractivity contribution in [3.05, 3.63) is 39.7 Å². The van der Waals surface area contributed by atoms with Gasteiger partial charge in [-0.3, -0.25) is 10.1 Å². The zero-order valence-electron chi connectivity index (χ0n) is 7.18. The van der Waals surface area contributed by atoms with Crippen LogP contribution in [0.2, 0.25) is 0 Å². The van der Waals surface area contributed by atoms with Crippen LogP contribution in [0.5, 0.6) is 0 Å². The highest BCUT2D eigenvalue weighted by Gasteiger charge is 2.19. The van der Waals surface area contributed by atoms with Crippen molar-refractivity contribution in [1.82, 2.24) is 0 Å². The second-order valence-electron chi connectivity index (χ2n) is 2.71. The molecule has 3 N–H and O–H groups in total. The van der Waals surface area contributed by atoms with Crippen molar-refractivity contribution in [2.45, 2.75) is 6.10 Å². The Morgan fingerprint density at radius 3 is 2.79 bits per heavy atom. The molecule has 1 aromatic rings. The molecule has 0 aliphatic rings. The lowest BCUT2D eigenvalue weighted by molar-refractivity contribution is -0.386. The number of nitro groups is 1. The lowest BCUT2D eigenvalue weighted by Gasteiger charge is -2.08. The molecule has 0 fully saturated rings. The maximum atomic E-state index is 12.7. The molecule has 0 radical (unpaired) electrons. The molecule has 6 heteroatoms. The van der Waals surface area contributed by atoms with Gasteiger partial charge in [-0.1, -0.05) is 0 Å². The molecule has 0 aromatic heterocycles. The highest BCUT2D eigenvalue weighted by atomic mass is 19.1. The van der Waals surface area contributed by atoms with Gasteiger partial charge in [-0.25, -0.2) is 4.39 Å². The Bertz CT molecular complexity index is 356. The predicted molar refractivity (Wildman–Crippen MR) is 47.1 cm³/mol. The molecule has 0 spiro atoms. The Labute approximate surface area is 79.1 Å². The molecule has 5 nitrogen and oxygen atoms in total. The second kappa shape index (κ2) is 4.12. The number of rotatable bonds is 3. The van der Waals surface area contributed by atoms with Crippen LogP contribution in [0, 0.1) is 15.9 Å². The minimum Gasteiger partial charge on any atom is -0.387 e. The lowest BCUT2D eigenvalue weighted by atomic mass is 10.1. The first-order chi connectivity index (χ1) is 6.56. The molecular formula is C8H9FN2O3. The number of aliphatic hydroxyl groups excluding tert-OH is 1. The Morgan fingerprint density at radius 1 is 1.64 bits per heavy atom. The highest BCUT2D eigenvalue weighted by molar-refractivity contribution is 5.41. The standard InChI is InChI=1S/C8H9FN2O3/c9-5-1-2-7(11(13)14)6(3-5)8(12)4-10/h1-3,8,12H,4,10H2/t8-/m0/s1. The van der Waals surface area contributed by atoms with Crippen LogP contribution in [0.3, 0.4) is 0 Å². The fraction of sp³-hybridized carbons (Fsp3) is 0.250. The van der Waals surface area contributed by atoms with Gasteiger partial charge in [0.25, 0.3) is 5.69 Å². The van der Waals surface area contributed by atoms with Crippen molar-refractivity contribution >= 4 is 5.69 Å². The molecule has 0 bridgehead atoms.